The van der Waals surface area contributed by atoms with Gasteiger partial charge in [-0.3, -0.25) is 0 Å². The van der Waals surface area contributed by atoms with Gasteiger partial charge in [0.05, 0.1) is 5.69 Å². The van der Waals surface area contributed by atoms with Crippen molar-refractivity contribution in [3.05, 3.63) is 187 Å². The fourth-order valence-electron chi connectivity index (χ4n) is 6.65. The number of nitrogens with zero attached hydrogens (tertiary/aromatic N) is 2. The summed E-state index contributed by atoms with van der Waals surface area (Å²) in [5.74, 6) is 0. The summed E-state index contributed by atoms with van der Waals surface area (Å²) in [5.41, 5.74) is 11.7. The zero-order chi connectivity index (χ0) is 32.3. The van der Waals surface area contributed by atoms with E-state index in [1.165, 1.54) is 43.9 Å². The van der Waals surface area contributed by atoms with E-state index >= 15 is 0 Å². The molecule has 0 heterocycles. The van der Waals surface area contributed by atoms with Crippen LogP contribution >= 0.6 is 0 Å². The quantitative estimate of drug-likeness (QED) is 0.159. The van der Waals surface area contributed by atoms with E-state index in [0.29, 0.717) is 0 Å². The second-order valence-electron chi connectivity index (χ2n) is 12.1. The van der Waals surface area contributed by atoms with E-state index in [1.54, 1.807) is 6.08 Å². The molecule has 2 heteroatoms. The molecule has 0 saturated carbocycles. The highest BCUT2D eigenvalue weighted by Gasteiger charge is 2.18. The molecule has 47 heavy (non-hydrogen) atoms. The molecule has 0 radical (unpaired) electrons. The van der Waals surface area contributed by atoms with Gasteiger partial charge in [0, 0.05) is 40.7 Å². The fraction of sp³-hybridized carbons (Fsp3) is 0.0667. The Morgan fingerprint density at radius 2 is 1.36 bits per heavy atom. The molecule has 0 aromatic heterocycles. The molecule has 228 valence electrons. The first-order valence-corrected chi connectivity index (χ1v) is 16.1. The SMILES string of the molecule is C=C/C=C(\C=C)c1ccc(N(c2ccc(N(C)c3c4c(cc5ccccc35)CC=CC=C4)cc2)c2ccc3cc(C)ccc3c2)cc1. The summed E-state index contributed by atoms with van der Waals surface area (Å²) in [6, 6.07) is 42.0. The van der Waals surface area contributed by atoms with Crippen LogP contribution < -0.4 is 9.80 Å². The van der Waals surface area contributed by atoms with Gasteiger partial charge in [0.25, 0.3) is 0 Å². The second-order valence-corrected chi connectivity index (χ2v) is 12.1. The zero-order valence-corrected chi connectivity index (χ0v) is 27.0. The van der Waals surface area contributed by atoms with Gasteiger partial charge in [-0.2, -0.15) is 0 Å². The lowest BCUT2D eigenvalue weighted by Crippen LogP contribution is -2.14. The van der Waals surface area contributed by atoms with Crippen LogP contribution in [-0.2, 0) is 6.42 Å². The number of fused-ring (bicyclic) bond motifs is 3. The van der Waals surface area contributed by atoms with E-state index in [9.17, 15) is 0 Å². The number of hydrogen-bond acceptors (Lipinski definition) is 2. The molecule has 0 fully saturated rings. The van der Waals surface area contributed by atoms with Crippen molar-refractivity contribution in [1.82, 2.24) is 0 Å². The lowest BCUT2D eigenvalue weighted by Gasteiger charge is -2.28. The van der Waals surface area contributed by atoms with Crippen molar-refractivity contribution in [2.24, 2.45) is 0 Å². The predicted molar refractivity (Wildman–Crippen MR) is 206 cm³/mol. The summed E-state index contributed by atoms with van der Waals surface area (Å²) < 4.78 is 0. The Morgan fingerprint density at radius 3 is 2.13 bits per heavy atom. The number of anilines is 5. The molecule has 0 unspecified atom stereocenters. The standard InChI is InChI=1S/C45H38N2/c1-5-12-33(6-2)34-19-22-40(23-20-34)47(42-24-21-35-29-32(3)17-18-36(35)31-42)41-27-25-39(26-28-41)46(4)45-43-15-9-7-8-13-37(43)30-38-14-10-11-16-44(38)45/h5-12,14-31H,1-2,13H2,3-4H3/b33-12+. The highest BCUT2D eigenvalue weighted by atomic mass is 15.1. The molecule has 0 saturated heterocycles. The molecule has 0 amide bonds. The highest BCUT2D eigenvalue weighted by Crippen LogP contribution is 2.41. The van der Waals surface area contributed by atoms with Crippen LogP contribution in [0, 0.1) is 6.92 Å². The number of hydrogen-bond donors (Lipinski definition) is 0. The zero-order valence-electron chi connectivity index (χ0n) is 27.0. The van der Waals surface area contributed by atoms with Crippen molar-refractivity contribution in [2.45, 2.75) is 13.3 Å². The second kappa shape index (κ2) is 12.9. The number of allylic oxidation sites excluding steroid dienone is 7. The van der Waals surface area contributed by atoms with Crippen molar-refractivity contribution in [2.75, 3.05) is 16.8 Å². The van der Waals surface area contributed by atoms with Crippen LogP contribution in [0.1, 0.15) is 22.3 Å². The minimum absolute atomic E-state index is 0.920. The normalized spacial score (nSPS) is 12.5. The number of aryl methyl sites for hydroxylation is 1. The largest absolute Gasteiger partial charge is 0.344 e. The van der Waals surface area contributed by atoms with Crippen molar-refractivity contribution < 1.29 is 0 Å². The molecule has 6 aromatic carbocycles. The Hall–Kier alpha value is -5.86. The van der Waals surface area contributed by atoms with Crippen LogP contribution in [0.4, 0.5) is 28.4 Å². The van der Waals surface area contributed by atoms with Gasteiger partial charge in [0.15, 0.2) is 0 Å². The summed E-state index contributed by atoms with van der Waals surface area (Å²) in [6.45, 7) is 10.0. The van der Waals surface area contributed by atoms with Gasteiger partial charge in [-0.25, -0.2) is 0 Å². The van der Waals surface area contributed by atoms with Crippen LogP contribution in [0.15, 0.2) is 165 Å². The predicted octanol–water partition coefficient (Wildman–Crippen LogP) is 12.4. The maximum Gasteiger partial charge on any atom is 0.0564 e. The third-order valence-electron chi connectivity index (χ3n) is 9.04. The van der Waals surface area contributed by atoms with Gasteiger partial charge in [-0.15, -0.1) is 0 Å². The molecule has 0 bridgehead atoms. The van der Waals surface area contributed by atoms with E-state index < -0.39 is 0 Å². The molecule has 7 rings (SSSR count). The van der Waals surface area contributed by atoms with E-state index in [1.807, 2.05) is 12.2 Å². The molecule has 6 aromatic rings. The molecule has 0 aliphatic heterocycles. The van der Waals surface area contributed by atoms with Gasteiger partial charge >= 0.3 is 0 Å². The number of benzene rings is 6. The molecule has 0 spiro atoms. The van der Waals surface area contributed by atoms with E-state index in [-0.39, 0.29) is 0 Å². The summed E-state index contributed by atoms with van der Waals surface area (Å²) in [7, 11) is 2.18. The topological polar surface area (TPSA) is 6.48 Å². The van der Waals surface area contributed by atoms with Crippen molar-refractivity contribution in [3.8, 4) is 0 Å². The van der Waals surface area contributed by atoms with Crippen LogP contribution in [0.25, 0.3) is 33.2 Å². The molecular formula is C45H38N2. The van der Waals surface area contributed by atoms with Crippen LogP contribution in [0.5, 0.6) is 0 Å². The van der Waals surface area contributed by atoms with Crippen LogP contribution in [0.3, 0.4) is 0 Å². The van der Waals surface area contributed by atoms with E-state index in [0.717, 1.165) is 40.3 Å². The first-order valence-electron chi connectivity index (χ1n) is 16.1. The molecule has 2 nitrogen and oxygen atoms in total. The Kier molecular flexibility index (Phi) is 8.16. The Bertz CT molecular complexity index is 2210. The van der Waals surface area contributed by atoms with E-state index in [2.05, 4.69) is 176 Å². The summed E-state index contributed by atoms with van der Waals surface area (Å²) >= 11 is 0. The molecule has 1 aliphatic carbocycles. The van der Waals surface area contributed by atoms with Crippen molar-refractivity contribution >= 4 is 61.6 Å². The first kappa shape index (κ1) is 29.8. The summed E-state index contributed by atoms with van der Waals surface area (Å²) in [6.07, 6.45) is 15.4. The average Bonchev–Trinajstić information content (AvgIpc) is 3.35. The third-order valence-corrected chi connectivity index (χ3v) is 9.04. The minimum Gasteiger partial charge on any atom is -0.344 e. The maximum atomic E-state index is 4.00. The lowest BCUT2D eigenvalue weighted by atomic mass is 9.95. The van der Waals surface area contributed by atoms with Gasteiger partial charge in [0.2, 0.25) is 0 Å². The summed E-state index contributed by atoms with van der Waals surface area (Å²) in [4.78, 5) is 4.66. The molecular weight excluding hydrogens is 569 g/mol. The van der Waals surface area contributed by atoms with Gasteiger partial charge in [0.1, 0.15) is 0 Å². The third kappa shape index (κ3) is 5.82. The fourth-order valence-corrected chi connectivity index (χ4v) is 6.65. The first-order chi connectivity index (χ1) is 23.0. The minimum atomic E-state index is 0.920. The Labute approximate surface area is 278 Å². The maximum absolute atomic E-state index is 4.00. The Morgan fingerprint density at radius 1 is 0.681 bits per heavy atom. The summed E-state index contributed by atoms with van der Waals surface area (Å²) in [5, 5.41) is 4.97. The van der Waals surface area contributed by atoms with Crippen LogP contribution in [0.2, 0.25) is 0 Å². The van der Waals surface area contributed by atoms with Gasteiger partial charge < -0.3 is 9.80 Å². The monoisotopic (exact) mass is 606 g/mol. The molecule has 0 atom stereocenters. The smallest absolute Gasteiger partial charge is 0.0564 e. The highest BCUT2D eigenvalue weighted by molar-refractivity contribution is 6.01. The van der Waals surface area contributed by atoms with Crippen molar-refractivity contribution in [3.63, 3.8) is 0 Å². The number of rotatable bonds is 8. The van der Waals surface area contributed by atoms with Gasteiger partial charge in [-0.05, 0) is 94.7 Å². The van der Waals surface area contributed by atoms with Crippen LogP contribution in [-0.4, -0.2) is 7.05 Å². The molecule has 1 aliphatic rings. The lowest BCUT2D eigenvalue weighted by molar-refractivity contribution is 1.19. The van der Waals surface area contributed by atoms with E-state index in [4.69, 9.17) is 0 Å². The Balaban J connectivity index is 1.31. The van der Waals surface area contributed by atoms with Crippen molar-refractivity contribution in [1.29, 1.82) is 0 Å². The molecule has 0 N–H and O–H groups in total. The van der Waals surface area contributed by atoms with Gasteiger partial charge in [-0.1, -0.05) is 128 Å². The average molecular weight is 607 g/mol.